The lowest BCUT2D eigenvalue weighted by Gasteiger charge is -2.08. The third-order valence-corrected chi connectivity index (χ3v) is 3.89. The van der Waals surface area contributed by atoms with E-state index in [1.165, 1.54) is 12.1 Å². The molecule has 0 saturated heterocycles. The minimum Gasteiger partial charge on any atom is -0.480 e. The Kier molecular flexibility index (Phi) is 5.66. The van der Waals surface area contributed by atoms with E-state index < -0.39 is 35.0 Å². The number of nitriles is 1. The first-order valence-corrected chi connectivity index (χ1v) is 7.30. The van der Waals surface area contributed by atoms with Crippen LogP contribution in [0.3, 0.4) is 0 Å². The van der Waals surface area contributed by atoms with Crippen LogP contribution in [0, 0.1) is 11.3 Å². The number of carboxylic acid groups (broad SMARTS) is 1. The quantitative estimate of drug-likeness (QED) is 0.654. The van der Waals surface area contributed by atoms with Gasteiger partial charge in [0.25, 0.3) is 0 Å². The molecule has 10 heteroatoms. The lowest BCUT2D eigenvalue weighted by atomic mass is 10.2. The predicted molar refractivity (Wildman–Crippen MR) is 72.0 cm³/mol. The molecule has 8 nitrogen and oxygen atoms in total. The number of benzene rings is 1. The first-order valence-electron chi connectivity index (χ1n) is 5.44. The molecule has 0 aliphatic rings. The molecule has 0 unspecified atom stereocenters. The average Bonchev–Trinajstić information content (AvgIpc) is 2.43. The van der Waals surface area contributed by atoms with Gasteiger partial charge in [0.05, 0.1) is 12.1 Å². The molecule has 0 aromatic heterocycles. The molecule has 0 atom stereocenters. The standard InChI is InChI=1S/C11H10ClN3O5S/c12-8-2-1-7(4-13)9(3-8)21(19,20)15-5-10(16)14-6-11(17)18/h1-3,15H,5-6H2,(H,14,16)(H,17,18). The fourth-order valence-corrected chi connectivity index (χ4v) is 2.68. The van der Waals surface area contributed by atoms with E-state index in [-0.39, 0.29) is 15.5 Å². The molecule has 112 valence electrons. The highest BCUT2D eigenvalue weighted by Gasteiger charge is 2.20. The molecule has 0 radical (unpaired) electrons. The normalized spacial score (nSPS) is 10.7. The summed E-state index contributed by atoms with van der Waals surface area (Å²) in [6, 6.07) is 5.38. The van der Waals surface area contributed by atoms with Crippen molar-refractivity contribution >= 4 is 33.5 Å². The Morgan fingerprint density at radius 1 is 1.33 bits per heavy atom. The van der Waals surface area contributed by atoms with Gasteiger partial charge in [0, 0.05) is 5.02 Å². The molecule has 0 aliphatic heterocycles. The number of halogens is 1. The molecule has 1 aromatic carbocycles. The van der Waals surface area contributed by atoms with E-state index >= 15 is 0 Å². The number of aliphatic carboxylic acids is 1. The summed E-state index contributed by atoms with van der Waals surface area (Å²) in [5.41, 5.74) is -0.127. The van der Waals surface area contributed by atoms with Gasteiger partial charge in [-0.3, -0.25) is 9.59 Å². The molecule has 0 heterocycles. The molecule has 0 saturated carbocycles. The summed E-state index contributed by atoms with van der Waals surface area (Å²) in [5, 5.41) is 19.3. The SMILES string of the molecule is N#Cc1ccc(Cl)cc1S(=O)(=O)NCC(=O)NCC(=O)O. The van der Waals surface area contributed by atoms with Crippen LogP contribution in [0.2, 0.25) is 5.02 Å². The molecule has 0 aliphatic carbocycles. The Morgan fingerprint density at radius 2 is 2.00 bits per heavy atom. The van der Waals surface area contributed by atoms with Crippen molar-refractivity contribution in [2.24, 2.45) is 0 Å². The molecule has 1 aromatic rings. The van der Waals surface area contributed by atoms with E-state index in [2.05, 4.69) is 0 Å². The van der Waals surface area contributed by atoms with Gasteiger partial charge in [0.15, 0.2) is 0 Å². The molecule has 1 amide bonds. The van der Waals surface area contributed by atoms with Crippen LogP contribution < -0.4 is 10.0 Å². The van der Waals surface area contributed by atoms with Gasteiger partial charge in [-0.15, -0.1) is 0 Å². The summed E-state index contributed by atoms with van der Waals surface area (Å²) in [7, 11) is -4.12. The van der Waals surface area contributed by atoms with Crippen LogP contribution in [0.15, 0.2) is 23.1 Å². The highest BCUT2D eigenvalue weighted by atomic mass is 35.5. The lowest BCUT2D eigenvalue weighted by molar-refractivity contribution is -0.137. The predicted octanol–water partition coefficient (Wildman–Crippen LogP) is -0.309. The number of sulfonamides is 1. The third kappa shape index (κ3) is 5.03. The number of carboxylic acids is 1. The zero-order valence-electron chi connectivity index (χ0n) is 10.5. The average molecular weight is 332 g/mol. The van der Waals surface area contributed by atoms with Crippen molar-refractivity contribution < 1.29 is 23.1 Å². The van der Waals surface area contributed by atoms with Crippen molar-refractivity contribution in [3.8, 4) is 6.07 Å². The van der Waals surface area contributed by atoms with E-state index in [4.69, 9.17) is 22.0 Å². The van der Waals surface area contributed by atoms with Gasteiger partial charge in [-0.2, -0.15) is 5.26 Å². The molecule has 21 heavy (non-hydrogen) atoms. The van der Waals surface area contributed by atoms with Crippen molar-refractivity contribution in [1.29, 1.82) is 5.26 Å². The van der Waals surface area contributed by atoms with Crippen LogP contribution >= 0.6 is 11.6 Å². The minimum absolute atomic E-state index is 0.115. The van der Waals surface area contributed by atoms with Crippen LogP contribution in [0.4, 0.5) is 0 Å². The largest absolute Gasteiger partial charge is 0.480 e. The second kappa shape index (κ2) is 7.03. The van der Waals surface area contributed by atoms with Gasteiger partial charge < -0.3 is 10.4 Å². The number of nitrogens with one attached hydrogen (secondary N) is 2. The Hall–Kier alpha value is -2.15. The van der Waals surface area contributed by atoms with Crippen LogP contribution in [0.1, 0.15) is 5.56 Å². The number of hydrogen-bond donors (Lipinski definition) is 3. The van der Waals surface area contributed by atoms with E-state index in [0.717, 1.165) is 6.07 Å². The zero-order chi connectivity index (χ0) is 16.0. The molecular formula is C11H10ClN3O5S. The number of hydrogen-bond acceptors (Lipinski definition) is 5. The smallest absolute Gasteiger partial charge is 0.322 e. The van der Waals surface area contributed by atoms with Crippen LogP contribution in [-0.4, -0.2) is 38.5 Å². The maximum atomic E-state index is 12.0. The summed E-state index contributed by atoms with van der Waals surface area (Å²) in [4.78, 5) is 21.1. The highest BCUT2D eigenvalue weighted by molar-refractivity contribution is 7.89. The van der Waals surface area contributed by atoms with Gasteiger partial charge in [-0.1, -0.05) is 11.6 Å². The fourth-order valence-electron chi connectivity index (χ4n) is 1.29. The van der Waals surface area contributed by atoms with E-state index in [0.29, 0.717) is 0 Å². The monoisotopic (exact) mass is 331 g/mol. The van der Waals surface area contributed by atoms with Crippen LogP contribution in [0.25, 0.3) is 0 Å². The van der Waals surface area contributed by atoms with E-state index in [1.807, 2.05) is 10.0 Å². The number of nitrogens with zero attached hydrogens (tertiary/aromatic N) is 1. The number of carbonyl (C=O) groups excluding carboxylic acids is 1. The maximum absolute atomic E-state index is 12.0. The first-order chi connectivity index (χ1) is 9.76. The lowest BCUT2D eigenvalue weighted by Crippen LogP contribution is -2.39. The van der Waals surface area contributed by atoms with Crippen molar-refractivity contribution in [2.45, 2.75) is 4.90 Å². The topological polar surface area (TPSA) is 136 Å². The maximum Gasteiger partial charge on any atom is 0.322 e. The van der Waals surface area contributed by atoms with Crippen molar-refractivity contribution in [3.05, 3.63) is 28.8 Å². The second-order valence-electron chi connectivity index (χ2n) is 3.75. The Bertz CT molecular complexity index is 711. The third-order valence-electron chi connectivity index (χ3n) is 2.21. The first kappa shape index (κ1) is 16.9. The van der Waals surface area contributed by atoms with Gasteiger partial charge in [0.2, 0.25) is 15.9 Å². The molecule has 0 spiro atoms. The summed E-state index contributed by atoms with van der Waals surface area (Å²) < 4.78 is 25.9. The van der Waals surface area contributed by atoms with Crippen LogP contribution in [0.5, 0.6) is 0 Å². The Balaban J connectivity index is 2.84. The summed E-state index contributed by atoms with van der Waals surface area (Å²) in [6.07, 6.45) is 0. The van der Waals surface area contributed by atoms with Crippen LogP contribution in [-0.2, 0) is 19.6 Å². The molecule has 1 rings (SSSR count). The van der Waals surface area contributed by atoms with Crippen molar-refractivity contribution in [3.63, 3.8) is 0 Å². The fraction of sp³-hybridized carbons (Fsp3) is 0.182. The summed E-state index contributed by atoms with van der Waals surface area (Å²) in [6.45, 7) is -1.28. The van der Waals surface area contributed by atoms with E-state index in [9.17, 15) is 18.0 Å². The molecule has 0 fully saturated rings. The number of amides is 1. The Labute approximate surface area is 125 Å². The van der Waals surface area contributed by atoms with Gasteiger partial charge >= 0.3 is 5.97 Å². The van der Waals surface area contributed by atoms with Gasteiger partial charge in [0.1, 0.15) is 17.5 Å². The van der Waals surface area contributed by atoms with Gasteiger partial charge in [-0.25, -0.2) is 13.1 Å². The van der Waals surface area contributed by atoms with Crippen molar-refractivity contribution in [2.75, 3.05) is 13.1 Å². The molecule has 0 bridgehead atoms. The summed E-state index contributed by atoms with van der Waals surface area (Å²) >= 11 is 5.68. The molecular weight excluding hydrogens is 322 g/mol. The minimum atomic E-state index is -4.12. The summed E-state index contributed by atoms with van der Waals surface area (Å²) in [5.74, 6) is -2.07. The number of carbonyl (C=O) groups is 2. The molecule has 3 N–H and O–H groups in total. The zero-order valence-corrected chi connectivity index (χ0v) is 12.0. The van der Waals surface area contributed by atoms with E-state index in [1.54, 1.807) is 6.07 Å². The number of rotatable bonds is 6. The van der Waals surface area contributed by atoms with Crippen molar-refractivity contribution in [1.82, 2.24) is 10.0 Å². The van der Waals surface area contributed by atoms with Gasteiger partial charge in [-0.05, 0) is 18.2 Å². The highest BCUT2D eigenvalue weighted by Crippen LogP contribution is 2.19. The second-order valence-corrected chi connectivity index (χ2v) is 5.92. The Morgan fingerprint density at radius 3 is 2.57 bits per heavy atom.